The minimum Gasteiger partial charge on any atom is -0.358 e. The molecule has 2 heteroatoms. The van der Waals surface area contributed by atoms with Gasteiger partial charge in [0.2, 0.25) is 0 Å². The Labute approximate surface area is 82.2 Å². The molecule has 0 aliphatic carbocycles. The van der Waals surface area contributed by atoms with E-state index in [1.165, 1.54) is 0 Å². The first kappa shape index (κ1) is 122. The second kappa shape index (κ2) is 76.6. The summed E-state index contributed by atoms with van der Waals surface area (Å²) in [5.41, 5.74) is 0. The van der Waals surface area contributed by atoms with Gasteiger partial charge in [-0.2, -0.15) is 13.5 Å². The Hall–Kier alpha value is 1.67. The van der Waals surface area contributed by atoms with E-state index >= 15 is 0 Å². The van der Waals surface area contributed by atoms with Crippen LogP contribution in [-0.2, 0) is 0 Å². The Balaban J connectivity index is 0. The molecule has 0 atom stereocenters. The van der Waals surface area contributed by atoms with Crippen LogP contribution in [0.3, 0.4) is 0 Å². The van der Waals surface area contributed by atoms with Crippen LogP contribution in [0.2, 0.25) is 0 Å². The van der Waals surface area contributed by atoms with Gasteiger partial charge in [-0.15, -0.1) is 0 Å². The van der Waals surface area contributed by atoms with Gasteiger partial charge in [-0.05, 0) is 0 Å². The zero-order chi connectivity index (χ0) is 0. The second-order valence-electron chi connectivity index (χ2n) is 0. The summed E-state index contributed by atoms with van der Waals surface area (Å²) in [5.74, 6) is 0. The Morgan fingerprint density at radius 2 is 0.500 bits per heavy atom. The first-order valence-corrected chi connectivity index (χ1v) is 0. The zero-order valence-electron chi connectivity index (χ0n) is 5.00. The third-order valence-electron chi connectivity index (χ3n) is 0. The van der Waals surface area contributed by atoms with Crippen LogP contribution in [0.1, 0.15) is 0 Å². The van der Waals surface area contributed by atoms with Gasteiger partial charge in [-0.1, -0.05) is 0 Å². The monoisotopic (exact) mass is 326 g/mol. The molecule has 0 aromatic heterocycles. The maximum atomic E-state index is 0. The molecule has 0 aromatic rings. The molecule has 0 N–H and O–H groups in total. The summed E-state index contributed by atoms with van der Waals surface area (Å²) in [4.78, 5) is 0. The first-order valence-electron chi connectivity index (χ1n) is 0. The van der Waals surface area contributed by atoms with Gasteiger partial charge in [0.25, 0.3) is 0 Å². The Kier molecular flexibility index (Phi) is 1560. The summed E-state index contributed by atoms with van der Waals surface area (Å²) in [6.07, 6.45) is 0. The molecule has 0 radical (unpaired) electrons. The normalized spacial score (nSPS) is 0. The Morgan fingerprint density at radius 3 is 0.500 bits per heavy atom. The van der Waals surface area contributed by atoms with Crippen LogP contribution in [0.15, 0.2) is 0 Å². The van der Waals surface area contributed by atoms with Gasteiger partial charge < -0.3 is 29.7 Å². The molecule has 0 saturated heterocycles. The maximum Gasteiger partial charge on any atom is 4.00 e. The fraction of sp³-hybridized carbons (Fsp3) is 0. The molecule has 0 spiro atoms. The number of hydrogen-bond donors (Lipinski definition) is 0. The van der Waals surface area contributed by atoms with Crippen molar-refractivity contribution in [3.63, 3.8) is 0 Å². The fourth-order valence-corrected chi connectivity index (χ4v) is 0. The van der Waals surface area contributed by atoms with E-state index in [2.05, 4.69) is 0 Å². The third-order valence-corrected chi connectivity index (χ3v) is 0. The minimum absolute atomic E-state index is 0. The number of hydrogen-bond acceptors (Lipinski definition) is 0. The minimum atomic E-state index is 0. The van der Waals surface area contributed by atoms with E-state index in [1.54, 1.807) is 0 Å². The molecule has 40 valence electrons. The summed E-state index contributed by atoms with van der Waals surface area (Å²) < 4.78 is 0. The molecule has 0 nitrogen and oxygen atoms in total. The SMILES string of the molecule is S.[CH3-].[CH3-].[CH3-].[CH3-].[Th+4]. The second-order valence-corrected chi connectivity index (χ2v) is 0. The summed E-state index contributed by atoms with van der Waals surface area (Å²) >= 11 is 0. The van der Waals surface area contributed by atoms with Gasteiger partial charge >= 0.3 is 39.9 Å². The van der Waals surface area contributed by atoms with Crippen molar-refractivity contribution in [2.45, 2.75) is 0 Å². The van der Waals surface area contributed by atoms with E-state index in [0.29, 0.717) is 0 Å². The van der Waals surface area contributed by atoms with Gasteiger partial charge in [0.05, 0.1) is 0 Å². The largest absolute Gasteiger partial charge is 4.00 e. The van der Waals surface area contributed by atoms with E-state index in [9.17, 15) is 0 Å². The molecule has 0 saturated carbocycles. The van der Waals surface area contributed by atoms with Crippen LogP contribution in [-0.4, -0.2) is 0 Å². The zero-order valence-corrected chi connectivity index (χ0v) is 10.1. The average Bonchev–Trinajstić information content (AvgIpc) is 0. The predicted molar refractivity (Wildman–Crippen MR) is 36.0 cm³/mol. The van der Waals surface area contributed by atoms with Crippen LogP contribution in [0.25, 0.3) is 0 Å². The molecule has 0 amide bonds. The molecular weight excluding hydrogens is 312 g/mol. The van der Waals surface area contributed by atoms with Gasteiger partial charge in [0.1, 0.15) is 0 Å². The van der Waals surface area contributed by atoms with Crippen molar-refractivity contribution in [1.29, 1.82) is 0 Å². The van der Waals surface area contributed by atoms with E-state index in [-0.39, 0.29) is 83.1 Å². The summed E-state index contributed by atoms with van der Waals surface area (Å²) in [6, 6.07) is 0. The van der Waals surface area contributed by atoms with Crippen LogP contribution in [0.5, 0.6) is 0 Å². The Bertz CT molecular complexity index is 7.51. The molecule has 0 bridgehead atoms. The van der Waals surface area contributed by atoms with Gasteiger partial charge in [0, 0.05) is 0 Å². The summed E-state index contributed by atoms with van der Waals surface area (Å²) in [5, 5.41) is 0. The van der Waals surface area contributed by atoms with Gasteiger partial charge in [0.15, 0.2) is 0 Å². The van der Waals surface area contributed by atoms with Crippen molar-refractivity contribution in [3.8, 4) is 0 Å². The van der Waals surface area contributed by atoms with E-state index in [0.717, 1.165) is 0 Å². The van der Waals surface area contributed by atoms with Crippen molar-refractivity contribution in [2.75, 3.05) is 0 Å². The van der Waals surface area contributed by atoms with Crippen molar-refractivity contribution < 1.29 is 39.9 Å². The Morgan fingerprint density at radius 1 is 0.500 bits per heavy atom. The van der Waals surface area contributed by atoms with Crippen molar-refractivity contribution in [3.05, 3.63) is 29.7 Å². The molecule has 0 unspecified atom stereocenters. The summed E-state index contributed by atoms with van der Waals surface area (Å²) in [6.45, 7) is 0. The molecule has 6 heavy (non-hydrogen) atoms. The molecule has 0 aliphatic heterocycles. The van der Waals surface area contributed by atoms with Gasteiger partial charge in [-0.25, -0.2) is 0 Å². The predicted octanol–water partition coefficient (Wildman–Crippen LogP) is 1.91. The molecule has 0 aliphatic rings. The molecular formula is C4H14STh. The smallest absolute Gasteiger partial charge is 0.358 e. The van der Waals surface area contributed by atoms with E-state index < -0.39 is 0 Å². The quantitative estimate of drug-likeness (QED) is 0.597. The van der Waals surface area contributed by atoms with Crippen LogP contribution < -0.4 is 0 Å². The van der Waals surface area contributed by atoms with Crippen molar-refractivity contribution in [1.82, 2.24) is 0 Å². The third kappa shape index (κ3) is 44.2. The average molecular weight is 326 g/mol. The molecule has 0 rings (SSSR count). The standard InChI is InChI=1S/4CH3.H2S.Th/h4*1H3;1H2;/q4*-1;;+4. The van der Waals surface area contributed by atoms with Crippen LogP contribution >= 0.6 is 13.5 Å². The van der Waals surface area contributed by atoms with Crippen molar-refractivity contribution in [2.24, 2.45) is 0 Å². The van der Waals surface area contributed by atoms with Gasteiger partial charge in [-0.3, -0.25) is 0 Å². The number of rotatable bonds is 0. The molecule has 0 fully saturated rings. The fourth-order valence-electron chi connectivity index (χ4n) is 0. The van der Waals surface area contributed by atoms with E-state index in [1.807, 2.05) is 0 Å². The maximum absolute atomic E-state index is 0. The molecule has 0 heterocycles. The van der Waals surface area contributed by atoms with Crippen LogP contribution in [0, 0.1) is 69.6 Å². The molecule has 0 aromatic carbocycles. The summed E-state index contributed by atoms with van der Waals surface area (Å²) in [7, 11) is 0. The van der Waals surface area contributed by atoms with E-state index in [4.69, 9.17) is 0 Å². The van der Waals surface area contributed by atoms with Crippen molar-refractivity contribution >= 4 is 13.5 Å². The first-order chi connectivity index (χ1) is 0. The topological polar surface area (TPSA) is 0 Å². The van der Waals surface area contributed by atoms with Crippen LogP contribution in [0.4, 0.5) is 0 Å².